The van der Waals surface area contributed by atoms with Crippen LogP contribution in [-0.2, 0) is 6.18 Å². The largest absolute Gasteiger partial charge is 0.493 e. The van der Waals surface area contributed by atoms with E-state index in [4.69, 9.17) is 14.6 Å². The monoisotopic (exact) mass is 410 g/mol. The van der Waals surface area contributed by atoms with Crippen molar-refractivity contribution in [2.75, 3.05) is 25.0 Å². The molecule has 0 spiro atoms. The maximum atomic E-state index is 13.2. The number of nitrogens with one attached hydrogen (secondary N) is 1. The van der Waals surface area contributed by atoms with Crippen molar-refractivity contribution in [3.8, 4) is 11.5 Å². The molecule has 0 saturated carbocycles. The zero-order chi connectivity index (χ0) is 21.0. The zero-order valence-corrected chi connectivity index (χ0v) is 15.0. The van der Waals surface area contributed by atoms with Crippen molar-refractivity contribution >= 4 is 17.9 Å². The summed E-state index contributed by atoms with van der Waals surface area (Å²) < 4.78 is 49.9. The summed E-state index contributed by atoms with van der Waals surface area (Å²) >= 11 is 0. The first-order chi connectivity index (χ1) is 13.7. The second-order valence-electron chi connectivity index (χ2n) is 6.44. The molecule has 0 atom stereocenters. The number of carbonyl (C=O) groups is 2. The Morgan fingerprint density at radius 1 is 1.10 bits per heavy atom. The summed E-state index contributed by atoms with van der Waals surface area (Å²) in [5, 5.41) is 11.1. The summed E-state index contributed by atoms with van der Waals surface area (Å²) in [6.45, 7) is 0.560. The van der Waals surface area contributed by atoms with E-state index in [1.807, 2.05) is 0 Å². The van der Waals surface area contributed by atoms with E-state index < -0.39 is 23.9 Å². The molecular weight excluding hydrogens is 393 g/mol. The molecule has 1 fully saturated rings. The van der Waals surface area contributed by atoms with Gasteiger partial charge in [0.05, 0.1) is 12.2 Å². The highest BCUT2D eigenvalue weighted by molar-refractivity contribution is 5.86. The molecule has 1 heterocycles. The van der Waals surface area contributed by atoms with Crippen molar-refractivity contribution in [1.29, 1.82) is 0 Å². The normalized spacial score (nSPS) is 14.1. The van der Waals surface area contributed by atoms with Crippen LogP contribution < -0.4 is 14.8 Å². The standard InChI is InChI=1S/C19H17F3N2O5/c20-19(21,22)13-6-14(23-17(25)29-15-4-2-1-3-5-15)8-16(7-13)28-11-12-9-24(10-12)18(26)27/h1-8,12H,9-11H2,(H,23,25)(H,26,27). The van der Waals surface area contributed by atoms with Crippen molar-refractivity contribution in [3.05, 3.63) is 54.1 Å². The topological polar surface area (TPSA) is 88.1 Å². The molecule has 0 unspecified atom stereocenters. The number of alkyl halides is 3. The minimum atomic E-state index is -4.64. The van der Waals surface area contributed by atoms with Crippen LogP contribution in [0.2, 0.25) is 0 Å². The third kappa shape index (κ3) is 5.53. The van der Waals surface area contributed by atoms with Gasteiger partial charge in [-0.2, -0.15) is 13.2 Å². The first kappa shape index (κ1) is 20.3. The lowest BCUT2D eigenvalue weighted by atomic mass is 10.0. The molecule has 0 bridgehead atoms. The summed E-state index contributed by atoms with van der Waals surface area (Å²) in [4.78, 5) is 23.9. The Morgan fingerprint density at radius 3 is 2.41 bits per heavy atom. The SMILES string of the molecule is O=C(Nc1cc(OCC2CN(C(=O)O)C2)cc(C(F)(F)F)c1)Oc1ccccc1. The Hall–Kier alpha value is -3.43. The van der Waals surface area contributed by atoms with Crippen molar-refractivity contribution in [3.63, 3.8) is 0 Å². The molecule has 1 aliphatic heterocycles. The molecule has 3 rings (SSSR count). The highest BCUT2D eigenvalue weighted by atomic mass is 19.4. The van der Waals surface area contributed by atoms with Crippen LogP contribution in [-0.4, -0.2) is 41.9 Å². The quantitative estimate of drug-likeness (QED) is 0.767. The Labute approximate surface area is 163 Å². The number of anilines is 1. The number of nitrogens with zero attached hydrogens (tertiary/aromatic N) is 1. The number of ether oxygens (including phenoxy) is 2. The predicted octanol–water partition coefficient (Wildman–Crippen LogP) is 4.30. The molecule has 29 heavy (non-hydrogen) atoms. The summed E-state index contributed by atoms with van der Waals surface area (Å²) in [7, 11) is 0. The Bertz CT molecular complexity index is 883. The third-order valence-corrected chi connectivity index (χ3v) is 4.15. The van der Waals surface area contributed by atoms with Crippen LogP contribution in [0.25, 0.3) is 0 Å². The van der Waals surface area contributed by atoms with Gasteiger partial charge in [-0.3, -0.25) is 5.32 Å². The van der Waals surface area contributed by atoms with Gasteiger partial charge in [-0.05, 0) is 24.3 Å². The first-order valence-corrected chi connectivity index (χ1v) is 8.57. The number of hydrogen-bond acceptors (Lipinski definition) is 4. The van der Waals surface area contributed by atoms with Gasteiger partial charge in [-0.1, -0.05) is 18.2 Å². The van der Waals surface area contributed by atoms with E-state index in [1.54, 1.807) is 18.2 Å². The van der Waals surface area contributed by atoms with Gasteiger partial charge < -0.3 is 19.5 Å². The number of carbonyl (C=O) groups excluding carboxylic acids is 1. The number of benzene rings is 2. The second-order valence-corrected chi connectivity index (χ2v) is 6.44. The van der Waals surface area contributed by atoms with Crippen LogP contribution in [0.15, 0.2) is 48.5 Å². The lowest BCUT2D eigenvalue weighted by Gasteiger charge is -2.36. The van der Waals surface area contributed by atoms with E-state index >= 15 is 0 Å². The molecule has 1 aliphatic rings. The minimum absolute atomic E-state index is 0.0546. The Morgan fingerprint density at radius 2 is 1.79 bits per heavy atom. The molecule has 2 amide bonds. The van der Waals surface area contributed by atoms with E-state index in [0.717, 1.165) is 12.1 Å². The van der Waals surface area contributed by atoms with Crippen molar-refractivity contribution in [2.45, 2.75) is 6.18 Å². The molecule has 10 heteroatoms. The molecular formula is C19H17F3N2O5. The lowest BCUT2D eigenvalue weighted by molar-refractivity contribution is -0.137. The van der Waals surface area contributed by atoms with Crippen molar-refractivity contribution in [2.24, 2.45) is 5.92 Å². The van der Waals surface area contributed by atoms with Crippen molar-refractivity contribution in [1.82, 2.24) is 4.90 Å². The van der Waals surface area contributed by atoms with Gasteiger partial charge in [0.25, 0.3) is 0 Å². The highest BCUT2D eigenvalue weighted by Gasteiger charge is 2.33. The van der Waals surface area contributed by atoms with Gasteiger partial charge in [0.15, 0.2) is 0 Å². The maximum absolute atomic E-state index is 13.2. The average molecular weight is 410 g/mol. The van der Waals surface area contributed by atoms with Crippen LogP contribution in [0.3, 0.4) is 0 Å². The number of halogens is 3. The van der Waals surface area contributed by atoms with E-state index in [0.29, 0.717) is 0 Å². The van der Waals surface area contributed by atoms with Crippen LogP contribution >= 0.6 is 0 Å². The van der Waals surface area contributed by atoms with E-state index in [1.165, 1.54) is 23.1 Å². The maximum Gasteiger partial charge on any atom is 0.417 e. The van der Waals surface area contributed by atoms with Crippen molar-refractivity contribution < 1.29 is 37.3 Å². The first-order valence-electron chi connectivity index (χ1n) is 8.57. The number of rotatable bonds is 5. The lowest BCUT2D eigenvalue weighted by Crippen LogP contribution is -2.51. The van der Waals surface area contributed by atoms with Gasteiger partial charge in [-0.15, -0.1) is 0 Å². The number of hydrogen-bond donors (Lipinski definition) is 2. The Kier molecular flexibility index (Phi) is 5.81. The molecule has 1 saturated heterocycles. The minimum Gasteiger partial charge on any atom is -0.493 e. The van der Waals surface area contributed by atoms with E-state index in [9.17, 15) is 22.8 Å². The molecule has 2 aromatic rings. The molecule has 0 aliphatic carbocycles. The average Bonchev–Trinajstić information content (AvgIpc) is 2.60. The molecule has 0 radical (unpaired) electrons. The van der Waals surface area contributed by atoms with E-state index in [2.05, 4.69) is 5.32 Å². The molecule has 7 nitrogen and oxygen atoms in total. The second kappa shape index (κ2) is 8.29. The molecule has 154 valence electrons. The predicted molar refractivity (Wildman–Crippen MR) is 96.1 cm³/mol. The molecule has 2 aromatic carbocycles. The fourth-order valence-electron chi connectivity index (χ4n) is 2.70. The van der Waals surface area contributed by atoms with Crippen LogP contribution in [0.4, 0.5) is 28.4 Å². The van der Waals surface area contributed by atoms with Gasteiger partial charge in [0.2, 0.25) is 0 Å². The number of carboxylic acid groups (broad SMARTS) is 1. The van der Waals surface area contributed by atoms with Gasteiger partial charge >= 0.3 is 18.4 Å². The number of likely N-dealkylation sites (tertiary alicyclic amines) is 1. The Balaban J connectivity index is 1.67. The van der Waals surface area contributed by atoms with Gasteiger partial charge in [0.1, 0.15) is 11.5 Å². The fourth-order valence-corrected chi connectivity index (χ4v) is 2.70. The van der Waals surface area contributed by atoms with Gasteiger partial charge in [0, 0.05) is 30.8 Å². The highest BCUT2D eigenvalue weighted by Crippen LogP contribution is 2.34. The fraction of sp³-hybridized carbons (Fsp3) is 0.263. The molecule has 2 N–H and O–H groups in total. The summed E-state index contributed by atoms with van der Waals surface area (Å²) in [5.74, 6) is 0.0325. The van der Waals surface area contributed by atoms with Crippen LogP contribution in [0.1, 0.15) is 5.56 Å². The number of amides is 2. The summed E-state index contributed by atoms with van der Waals surface area (Å²) in [6.07, 6.45) is -6.64. The smallest absolute Gasteiger partial charge is 0.417 e. The van der Waals surface area contributed by atoms with Gasteiger partial charge in [-0.25, -0.2) is 9.59 Å². The summed E-state index contributed by atoms with van der Waals surface area (Å²) in [6, 6.07) is 10.9. The van der Waals surface area contributed by atoms with E-state index in [-0.39, 0.29) is 42.8 Å². The molecule has 0 aromatic heterocycles. The van der Waals surface area contributed by atoms with Crippen LogP contribution in [0, 0.1) is 5.92 Å². The zero-order valence-electron chi connectivity index (χ0n) is 15.0. The number of para-hydroxylation sites is 1. The van der Waals surface area contributed by atoms with Crippen LogP contribution in [0.5, 0.6) is 11.5 Å². The third-order valence-electron chi connectivity index (χ3n) is 4.15. The summed E-state index contributed by atoms with van der Waals surface area (Å²) in [5.41, 5.74) is -1.14.